The first kappa shape index (κ1) is 29.5. The summed E-state index contributed by atoms with van der Waals surface area (Å²) in [6.45, 7) is 2.10. The van der Waals surface area contributed by atoms with Crippen molar-refractivity contribution in [3.63, 3.8) is 0 Å². The van der Waals surface area contributed by atoms with Crippen LogP contribution >= 0.6 is 0 Å². The Morgan fingerprint density at radius 3 is 1.59 bits per heavy atom. The fraction of sp³-hybridized carbons (Fsp3) is 0.850. The van der Waals surface area contributed by atoms with Gasteiger partial charge in [-0.15, -0.1) is 0 Å². The Labute approximate surface area is 172 Å². The van der Waals surface area contributed by atoms with Crippen LogP contribution < -0.4 is 0 Å². The van der Waals surface area contributed by atoms with Crippen LogP contribution in [0.25, 0.3) is 0 Å². The summed E-state index contributed by atoms with van der Waals surface area (Å²) in [5.74, 6) is -4.14. The van der Waals surface area contributed by atoms with Crippen LogP contribution in [0.4, 0.5) is 0 Å². The average molecular weight is 423 g/mol. The van der Waals surface area contributed by atoms with Crippen molar-refractivity contribution in [3.05, 3.63) is 0 Å². The number of rotatable bonds is 17. The minimum Gasteiger partial charge on any atom is -0.481 e. The molecular formula is C20H38O9. The molecule has 0 aliphatic heterocycles. The molecule has 0 aliphatic rings. The predicted octanol–water partition coefficient (Wildman–Crippen LogP) is 2.10. The number of carbonyl (C=O) groups excluding carboxylic acids is 1. The van der Waals surface area contributed by atoms with Crippen molar-refractivity contribution < 1.29 is 44.7 Å². The Morgan fingerprint density at radius 1 is 0.759 bits per heavy atom. The highest BCUT2D eigenvalue weighted by Gasteiger charge is 2.41. The molecular weight excluding hydrogens is 384 g/mol. The molecule has 1 atom stereocenters. The lowest BCUT2D eigenvalue weighted by molar-refractivity contribution is -0.172. The molecule has 172 valence electrons. The zero-order valence-corrected chi connectivity index (χ0v) is 17.5. The minimum atomic E-state index is -2.62. The molecule has 0 aromatic heterocycles. The summed E-state index contributed by atoms with van der Waals surface area (Å²) < 4.78 is 4.89. The zero-order chi connectivity index (χ0) is 22.5. The van der Waals surface area contributed by atoms with Crippen molar-refractivity contribution in [2.24, 2.45) is 0 Å². The van der Waals surface area contributed by atoms with E-state index in [4.69, 9.17) is 25.2 Å². The number of carboxylic acid groups (broad SMARTS) is 2. The van der Waals surface area contributed by atoms with E-state index in [0.29, 0.717) is 6.42 Å². The standard InChI is InChI=1S/C18H32O7.C2H6O2/c1-2-3-4-5-6-7-8-9-10-11-12-25-16(21)14-18(24,17(22)23)13-15(19)20;3-1-2-4/h24H,2-14H2,1H3,(H,19,20)(H,22,23);3-4H,1-2H2. The van der Waals surface area contributed by atoms with Gasteiger partial charge in [-0.05, 0) is 6.42 Å². The topological polar surface area (TPSA) is 162 Å². The van der Waals surface area contributed by atoms with Crippen molar-refractivity contribution in [1.82, 2.24) is 0 Å². The second-order valence-corrected chi connectivity index (χ2v) is 6.93. The van der Waals surface area contributed by atoms with E-state index in [-0.39, 0.29) is 19.8 Å². The van der Waals surface area contributed by atoms with Gasteiger partial charge in [0, 0.05) is 0 Å². The molecule has 0 rings (SSSR count). The van der Waals surface area contributed by atoms with E-state index in [9.17, 15) is 19.5 Å². The number of hydrogen-bond donors (Lipinski definition) is 5. The Bertz CT molecular complexity index is 438. The molecule has 5 N–H and O–H groups in total. The van der Waals surface area contributed by atoms with Gasteiger partial charge in [0.25, 0.3) is 0 Å². The smallest absolute Gasteiger partial charge is 0.336 e. The van der Waals surface area contributed by atoms with Gasteiger partial charge in [0.15, 0.2) is 5.60 Å². The predicted molar refractivity (Wildman–Crippen MR) is 106 cm³/mol. The molecule has 0 amide bonds. The van der Waals surface area contributed by atoms with Crippen LogP contribution in [-0.2, 0) is 19.1 Å². The lowest BCUT2D eigenvalue weighted by Gasteiger charge is -2.20. The van der Waals surface area contributed by atoms with Gasteiger partial charge in [-0.3, -0.25) is 9.59 Å². The summed E-state index contributed by atoms with van der Waals surface area (Å²) in [7, 11) is 0. The molecule has 0 saturated carbocycles. The third kappa shape index (κ3) is 19.4. The molecule has 0 fully saturated rings. The Kier molecular flexibility index (Phi) is 19.9. The number of aliphatic hydroxyl groups is 3. The molecule has 1 unspecified atom stereocenters. The van der Waals surface area contributed by atoms with Crippen LogP contribution in [-0.4, -0.2) is 68.9 Å². The maximum Gasteiger partial charge on any atom is 0.336 e. The van der Waals surface area contributed by atoms with Gasteiger partial charge in [0.05, 0.1) is 32.7 Å². The lowest BCUT2D eigenvalue weighted by Crippen LogP contribution is -2.43. The van der Waals surface area contributed by atoms with Crippen molar-refractivity contribution in [3.8, 4) is 0 Å². The first-order chi connectivity index (χ1) is 13.7. The summed E-state index contributed by atoms with van der Waals surface area (Å²) in [6, 6.07) is 0. The van der Waals surface area contributed by atoms with Crippen molar-refractivity contribution in [1.29, 1.82) is 0 Å². The van der Waals surface area contributed by atoms with Crippen molar-refractivity contribution >= 4 is 17.9 Å². The number of ether oxygens (including phenoxy) is 1. The maximum absolute atomic E-state index is 11.6. The van der Waals surface area contributed by atoms with Crippen LogP contribution in [0.2, 0.25) is 0 Å². The first-order valence-electron chi connectivity index (χ1n) is 10.3. The molecule has 9 heteroatoms. The molecule has 29 heavy (non-hydrogen) atoms. The molecule has 0 aliphatic carbocycles. The number of aliphatic hydroxyl groups excluding tert-OH is 2. The molecule has 0 spiro atoms. The average Bonchev–Trinajstić information content (AvgIpc) is 2.65. The molecule has 0 radical (unpaired) electrons. The van der Waals surface area contributed by atoms with Gasteiger partial charge in [-0.1, -0.05) is 64.7 Å². The van der Waals surface area contributed by atoms with Gasteiger partial charge in [0.1, 0.15) is 0 Å². The number of carboxylic acids is 2. The Balaban J connectivity index is 0. The van der Waals surface area contributed by atoms with Gasteiger partial charge in [-0.2, -0.15) is 0 Å². The van der Waals surface area contributed by atoms with E-state index in [0.717, 1.165) is 19.3 Å². The number of esters is 1. The van der Waals surface area contributed by atoms with E-state index in [1.54, 1.807) is 0 Å². The van der Waals surface area contributed by atoms with Crippen molar-refractivity contribution in [2.75, 3.05) is 19.8 Å². The van der Waals surface area contributed by atoms with Gasteiger partial charge in [0.2, 0.25) is 0 Å². The SMILES string of the molecule is CCCCCCCCCCCCOC(=O)CC(O)(CC(=O)O)C(=O)O.OCCO. The molecule has 0 aromatic carbocycles. The van der Waals surface area contributed by atoms with Crippen LogP contribution in [0.3, 0.4) is 0 Å². The Morgan fingerprint density at radius 2 is 1.21 bits per heavy atom. The number of aliphatic carboxylic acids is 2. The molecule has 0 heterocycles. The maximum atomic E-state index is 11.6. The molecule has 0 bridgehead atoms. The number of hydrogen-bond acceptors (Lipinski definition) is 7. The fourth-order valence-electron chi connectivity index (χ4n) is 2.53. The minimum absolute atomic E-state index is 0.125. The molecule has 9 nitrogen and oxygen atoms in total. The second kappa shape index (κ2) is 19.6. The first-order valence-corrected chi connectivity index (χ1v) is 10.3. The van der Waals surface area contributed by atoms with E-state index < -0.39 is 36.4 Å². The van der Waals surface area contributed by atoms with E-state index in [2.05, 4.69) is 6.92 Å². The Hall–Kier alpha value is -1.71. The molecule has 0 aromatic rings. The summed E-state index contributed by atoms with van der Waals surface area (Å²) in [4.78, 5) is 33.1. The summed E-state index contributed by atoms with van der Waals surface area (Å²) in [5, 5.41) is 42.5. The normalized spacial score (nSPS) is 12.4. The highest BCUT2D eigenvalue weighted by Crippen LogP contribution is 2.17. The van der Waals surface area contributed by atoms with Crippen LogP contribution in [0.15, 0.2) is 0 Å². The van der Waals surface area contributed by atoms with E-state index in [1.807, 2.05) is 0 Å². The highest BCUT2D eigenvalue weighted by molar-refractivity contribution is 5.88. The number of carbonyl (C=O) groups is 3. The zero-order valence-electron chi connectivity index (χ0n) is 17.5. The van der Waals surface area contributed by atoms with E-state index >= 15 is 0 Å². The van der Waals surface area contributed by atoms with Gasteiger partial charge >= 0.3 is 17.9 Å². The van der Waals surface area contributed by atoms with Crippen LogP contribution in [0.5, 0.6) is 0 Å². The highest BCUT2D eigenvalue weighted by atomic mass is 16.5. The summed E-state index contributed by atoms with van der Waals surface area (Å²) in [6.07, 6.45) is 9.49. The largest absolute Gasteiger partial charge is 0.481 e. The van der Waals surface area contributed by atoms with E-state index in [1.165, 1.54) is 38.5 Å². The summed E-state index contributed by atoms with van der Waals surface area (Å²) in [5.41, 5.74) is -2.62. The van der Waals surface area contributed by atoms with Gasteiger partial charge in [-0.25, -0.2) is 4.79 Å². The van der Waals surface area contributed by atoms with Crippen LogP contribution in [0, 0.1) is 0 Å². The molecule has 0 saturated heterocycles. The fourth-order valence-corrected chi connectivity index (χ4v) is 2.53. The number of unbranched alkanes of at least 4 members (excludes halogenated alkanes) is 9. The quantitative estimate of drug-likeness (QED) is 0.174. The summed E-state index contributed by atoms with van der Waals surface area (Å²) >= 11 is 0. The van der Waals surface area contributed by atoms with Crippen molar-refractivity contribution in [2.45, 2.75) is 89.6 Å². The third-order valence-electron chi connectivity index (χ3n) is 4.14. The van der Waals surface area contributed by atoms with Gasteiger partial charge < -0.3 is 30.3 Å². The second-order valence-electron chi connectivity index (χ2n) is 6.93. The monoisotopic (exact) mass is 422 g/mol. The lowest BCUT2D eigenvalue weighted by atomic mass is 9.96. The third-order valence-corrected chi connectivity index (χ3v) is 4.14. The van der Waals surface area contributed by atoms with Crippen LogP contribution in [0.1, 0.15) is 84.0 Å².